The van der Waals surface area contributed by atoms with Crippen molar-refractivity contribution in [1.82, 2.24) is 4.98 Å². The minimum Gasteiger partial charge on any atom is -0.389 e. The fraction of sp³-hybridized carbons (Fsp3) is 0.286. The summed E-state index contributed by atoms with van der Waals surface area (Å²) in [6.45, 7) is 0.661. The summed E-state index contributed by atoms with van der Waals surface area (Å²) in [5.41, 5.74) is 1.30. The second-order valence-electron chi connectivity index (χ2n) is 4.70. The summed E-state index contributed by atoms with van der Waals surface area (Å²) in [5, 5.41) is 29.2. The zero-order valence-electron chi connectivity index (χ0n) is 10.2. The molecule has 96 valence electrons. The number of rotatable bonds is 1. The standard InChI is InChI=1S/C14H13N3O2/c15-6-9-5-14(17-7-12(18)13(19)8-17)16-11-4-2-1-3-10(9)11/h1-5,12-13,18-19H,7-8H2. The van der Waals surface area contributed by atoms with Crippen molar-refractivity contribution >= 4 is 16.7 Å². The fourth-order valence-corrected chi connectivity index (χ4v) is 2.37. The average Bonchev–Trinajstić information content (AvgIpc) is 2.77. The molecule has 0 saturated carbocycles. The molecule has 0 bridgehead atoms. The van der Waals surface area contributed by atoms with Gasteiger partial charge in [0, 0.05) is 18.5 Å². The zero-order chi connectivity index (χ0) is 13.4. The predicted octanol–water partition coefficient (Wildman–Crippen LogP) is 0.648. The molecule has 2 heterocycles. The van der Waals surface area contributed by atoms with E-state index in [-0.39, 0.29) is 0 Å². The molecule has 1 aliphatic heterocycles. The highest BCUT2D eigenvalue weighted by atomic mass is 16.3. The van der Waals surface area contributed by atoms with E-state index in [0.717, 1.165) is 10.9 Å². The van der Waals surface area contributed by atoms with E-state index >= 15 is 0 Å². The van der Waals surface area contributed by atoms with Crippen LogP contribution in [0.2, 0.25) is 0 Å². The average molecular weight is 255 g/mol. The number of benzene rings is 1. The largest absolute Gasteiger partial charge is 0.389 e. The molecule has 0 aliphatic carbocycles. The highest BCUT2D eigenvalue weighted by Gasteiger charge is 2.30. The van der Waals surface area contributed by atoms with Crippen molar-refractivity contribution in [3.05, 3.63) is 35.9 Å². The molecule has 2 aromatic rings. The Morgan fingerprint density at radius 2 is 1.89 bits per heavy atom. The Balaban J connectivity index is 2.08. The van der Waals surface area contributed by atoms with Crippen molar-refractivity contribution in [1.29, 1.82) is 5.26 Å². The van der Waals surface area contributed by atoms with E-state index in [1.807, 2.05) is 24.3 Å². The van der Waals surface area contributed by atoms with Gasteiger partial charge < -0.3 is 15.1 Å². The Morgan fingerprint density at radius 1 is 1.21 bits per heavy atom. The van der Waals surface area contributed by atoms with Gasteiger partial charge in [-0.1, -0.05) is 18.2 Å². The number of fused-ring (bicyclic) bond motifs is 1. The van der Waals surface area contributed by atoms with Crippen LogP contribution in [0, 0.1) is 11.3 Å². The van der Waals surface area contributed by atoms with Crippen LogP contribution in [0.15, 0.2) is 30.3 Å². The van der Waals surface area contributed by atoms with Gasteiger partial charge in [-0.3, -0.25) is 0 Å². The maximum Gasteiger partial charge on any atom is 0.130 e. The Kier molecular flexibility index (Phi) is 2.82. The molecule has 1 aromatic carbocycles. The number of aliphatic hydroxyl groups is 2. The van der Waals surface area contributed by atoms with Gasteiger partial charge in [-0.05, 0) is 12.1 Å². The van der Waals surface area contributed by atoms with Gasteiger partial charge in [0.2, 0.25) is 0 Å². The molecule has 2 unspecified atom stereocenters. The highest BCUT2D eigenvalue weighted by molar-refractivity contribution is 5.86. The van der Waals surface area contributed by atoms with Crippen LogP contribution in [0.5, 0.6) is 0 Å². The Hall–Kier alpha value is -2.16. The first-order chi connectivity index (χ1) is 9.19. The number of para-hydroxylation sites is 1. The van der Waals surface area contributed by atoms with Crippen molar-refractivity contribution in [2.75, 3.05) is 18.0 Å². The number of β-amino-alcohol motifs (C(OH)–C–C–N with tert-alkyl or cyclic N) is 2. The van der Waals surface area contributed by atoms with Crippen molar-refractivity contribution in [3.63, 3.8) is 0 Å². The Bertz CT molecular complexity index is 655. The molecule has 1 fully saturated rings. The SMILES string of the molecule is N#Cc1cc(N2CC(O)C(O)C2)nc2ccccc12. The molecular formula is C14H13N3O2. The summed E-state index contributed by atoms with van der Waals surface area (Å²) in [5.74, 6) is 0.617. The molecule has 1 aliphatic rings. The number of hydrogen-bond acceptors (Lipinski definition) is 5. The van der Waals surface area contributed by atoms with E-state index in [9.17, 15) is 15.5 Å². The normalized spacial score (nSPS) is 22.7. The van der Waals surface area contributed by atoms with Gasteiger partial charge in [0.1, 0.15) is 5.82 Å². The van der Waals surface area contributed by atoms with E-state index in [1.165, 1.54) is 0 Å². The monoisotopic (exact) mass is 255 g/mol. The van der Waals surface area contributed by atoms with Gasteiger partial charge in [-0.15, -0.1) is 0 Å². The number of pyridine rings is 1. The zero-order valence-corrected chi connectivity index (χ0v) is 10.2. The maximum atomic E-state index is 9.58. The molecule has 0 spiro atoms. The predicted molar refractivity (Wildman–Crippen MR) is 70.7 cm³/mol. The minimum absolute atomic E-state index is 0.331. The van der Waals surface area contributed by atoms with Crippen LogP contribution in [0.1, 0.15) is 5.56 Å². The number of nitrogens with zero attached hydrogens (tertiary/aromatic N) is 3. The van der Waals surface area contributed by atoms with Crippen molar-refractivity contribution in [2.45, 2.75) is 12.2 Å². The van der Waals surface area contributed by atoms with Crippen LogP contribution in [-0.2, 0) is 0 Å². The quantitative estimate of drug-likeness (QED) is 0.782. The third-order valence-corrected chi connectivity index (χ3v) is 3.41. The van der Waals surface area contributed by atoms with Crippen molar-refractivity contribution in [3.8, 4) is 6.07 Å². The molecule has 2 atom stereocenters. The van der Waals surface area contributed by atoms with Crippen LogP contribution in [0.3, 0.4) is 0 Å². The summed E-state index contributed by atoms with van der Waals surface area (Å²) in [6.07, 6.45) is -1.53. The summed E-state index contributed by atoms with van der Waals surface area (Å²) in [6, 6.07) is 11.3. The fourth-order valence-electron chi connectivity index (χ4n) is 2.37. The lowest BCUT2D eigenvalue weighted by atomic mass is 10.1. The first kappa shape index (κ1) is 11.9. The highest BCUT2D eigenvalue weighted by Crippen LogP contribution is 2.25. The molecule has 1 saturated heterocycles. The van der Waals surface area contributed by atoms with Gasteiger partial charge in [0.25, 0.3) is 0 Å². The first-order valence-electron chi connectivity index (χ1n) is 6.10. The lowest BCUT2D eigenvalue weighted by molar-refractivity contribution is 0.0572. The topological polar surface area (TPSA) is 80.4 Å². The van der Waals surface area contributed by atoms with Crippen LogP contribution < -0.4 is 4.90 Å². The minimum atomic E-state index is -0.765. The molecule has 2 N–H and O–H groups in total. The van der Waals surface area contributed by atoms with Crippen molar-refractivity contribution in [2.24, 2.45) is 0 Å². The van der Waals surface area contributed by atoms with Crippen molar-refractivity contribution < 1.29 is 10.2 Å². The van der Waals surface area contributed by atoms with E-state index in [4.69, 9.17) is 0 Å². The number of nitriles is 1. The van der Waals surface area contributed by atoms with E-state index in [0.29, 0.717) is 24.5 Å². The third-order valence-electron chi connectivity index (χ3n) is 3.41. The molecule has 5 heteroatoms. The Morgan fingerprint density at radius 3 is 2.58 bits per heavy atom. The lowest BCUT2D eigenvalue weighted by Gasteiger charge is -2.17. The molecule has 0 amide bonds. The smallest absolute Gasteiger partial charge is 0.130 e. The molecule has 5 nitrogen and oxygen atoms in total. The van der Waals surface area contributed by atoms with Crippen LogP contribution in [0.25, 0.3) is 10.9 Å². The van der Waals surface area contributed by atoms with Gasteiger partial charge in [-0.2, -0.15) is 5.26 Å². The summed E-state index contributed by atoms with van der Waals surface area (Å²) >= 11 is 0. The van der Waals surface area contributed by atoms with Crippen LogP contribution in [0.4, 0.5) is 5.82 Å². The molecule has 1 aromatic heterocycles. The van der Waals surface area contributed by atoms with Gasteiger partial charge in [-0.25, -0.2) is 4.98 Å². The third kappa shape index (κ3) is 2.01. The second-order valence-corrected chi connectivity index (χ2v) is 4.70. The molecule has 0 radical (unpaired) electrons. The number of aliphatic hydroxyl groups excluding tert-OH is 2. The summed E-state index contributed by atoms with van der Waals surface area (Å²) < 4.78 is 0. The lowest BCUT2D eigenvalue weighted by Crippen LogP contribution is -2.22. The van der Waals surface area contributed by atoms with Crippen LogP contribution >= 0.6 is 0 Å². The number of aromatic nitrogens is 1. The molecule has 3 rings (SSSR count). The van der Waals surface area contributed by atoms with E-state index in [1.54, 1.807) is 11.0 Å². The molecular weight excluding hydrogens is 242 g/mol. The second kappa shape index (κ2) is 4.50. The van der Waals surface area contributed by atoms with E-state index < -0.39 is 12.2 Å². The Labute approximate surface area is 110 Å². The van der Waals surface area contributed by atoms with Crippen LogP contribution in [-0.4, -0.2) is 40.5 Å². The van der Waals surface area contributed by atoms with Gasteiger partial charge in [0.15, 0.2) is 0 Å². The first-order valence-corrected chi connectivity index (χ1v) is 6.10. The summed E-state index contributed by atoms with van der Waals surface area (Å²) in [7, 11) is 0. The number of hydrogen-bond donors (Lipinski definition) is 2. The van der Waals surface area contributed by atoms with E-state index in [2.05, 4.69) is 11.1 Å². The van der Waals surface area contributed by atoms with Gasteiger partial charge in [0.05, 0.1) is 29.4 Å². The van der Waals surface area contributed by atoms with Gasteiger partial charge >= 0.3 is 0 Å². The molecule has 19 heavy (non-hydrogen) atoms. The summed E-state index contributed by atoms with van der Waals surface area (Å²) in [4.78, 5) is 6.28. The maximum absolute atomic E-state index is 9.58. The number of anilines is 1.